The van der Waals surface area contributed by atoms with Crippen molar-refractivity contribution in [1.29, 1.82) is 0 Å². The maximum Gasteiger partial charge on any atom is 0.135 e. The zero-order chi connectivity index (χ0) is 11.8. The van der Waals surface area contributed by atoms with Crippen molar-refractivity contribution in [3.63, 3.8) is 0 Å². The quantitative estimate of drug-likeness (QED) is 0.684. The summed E-state index contributed by atoms with van der Waals surface area (Å²) in [5, 5.41) is 10.1. The van der Waals surface area contributed by atoms with E-state index in [2.05, 4.69) is 0 Å². The monoisotopic (exact) mass is 228 g/mol. The van der Waals surface area contributed by atoms with Crippen LogP contribution in [0.2, 0.25) is 0 Å². The van der Waals surface area contributed by atoms with Gasteiger partial charge >= 0.3 is 0 Å². The lowest BCUT2D eigenvalue weighted by atomic mass is 10.1. The van der Waals surface area contributed by atoms with Crippen molar-refractivity contribution in [1.82, 2.24) is 0 Å². The van der Waals surface area contributed by atoms with Gasteiger partial charge in [0.25, 0.3) is 0 Å². The predicted molar refractivity (Wildman–Crippen MR) is 63.3 cm³/mol. The molecular weight excluding hydrogens is 219 g/mol. The molecule has 0 amide bonds. The fraction of sp³-hybridized carbons (Fsp3) is 0. The molecule has 0 atom stereocenters. The second kappa shape index (κ2) is 3.63. The molecular formula is C14H9FO2. The molecule has 1 N–H and O–H groups in total. The number of rotatable bonds is 1. The number of phenolic OH excluding ortho intramolecular Hbond substituents is 1. The third-order valence-electron chi connectivity index (χ3n) is 2.61. The summed E-state index contributed by atoms with van der Waals surface area (Å²) < 4.78 is 18.7. The molecule has 0 bridgehead atoms. The maximum absolute atomic E-state index is 13.1. The Morgan fingerprint density at radius 3 is 2.71 bits per heavy atom. The Morgan fingerprint density at radius 1 is 1.00 bits per heavy atom. The highest BCUT2D eigenvalue weighted by Crippen LogP contribution is 2.29. The highest BCUT2D eigenvalue weighted by molar-refractivity contribution is 5.83. The molecule has 2 aromatic carbocycles. The lowest BCUT2D eigenvalue weighted by molar-refractivity contribution is 0.476. The van der Waals surface area contributed by atoms with Gasteiger partial charge in [-0.2, -0.15) is 0 Å². The lowest BCUT2D eigenvalue weighted by Crippen LogP contribution is -1.75. The van der Waals surface area contributed by atoms with Gasteiger partial charge in [-0.25, -0.2) is 4.39 Å². The molecule has 3 heteroatoms. The van der Waals surface area contributed by atoms with E-state index in [0.717, 1.165) is 5.39 Å². The van der Waals surface area contributed by atoms with Crippen LogP contribution in [0.4, 0.5) is 4.39 Å². The van der Waals surface area contributed by atoms with Crippen LogP contribution in [-0.4, -0.2) is 5.11 Å². The molecule has 0 aliphatic heterocycles. The largest absolute Gasteiger partial charge is 0.508 e. The van der Waals surface area contributed by atoms with Crippen LogP contribution in [0.1, 0.15) is 0 Å². The van der Waals surface area contributed by atoms with Gasteiger partial charge in [0.05, 0.1) is 0 Å². The van der Waals surface area contributed by atoms with Crippen molar-refractivity contribution in [2.24, 2.45) is 0 Å². The predicted octanol–water partition coefficient (Wildman–Crippen LogP) is 3.94. The van der Waals surface area contributed by atoms with Gasteiger partial charge in [-0.15, -0.1) is 0 Å². The molecule has 3 aromatic rings. The topological polar surface area (TPSA) is 33.4 Å². The molecule has 0 aliphatic rings. The molecule has 0 unspecified atom stereocenters. The number of fused-ring (bicyclic) bond motifs is 1. The molecule has 0 radical (unpaired) electrons. The summed E-state index contributed by atoms with van der Waals surface area (Å²) in [6.07, 6.45) is 0. The highest BCUT2D eigenvalue weighted by Gasteiger charge is 2.07. The summed E-state index contributed by atoms with van der Waals surface area (Å²) in [5.74, 6) is 0.472. The van der Waals surface area contributed by atoms with Crippen LogP contribution in [0, 0.1) is 5.82 Å². The molecule has 1 aromatic heterocycles. The van der Waals surface area contributed by atoms with Gasteiger partial charge in [0.2, 0.25) is 0 Å². The van der Waals surface area contributed by atoms with Crippen molar-refractivity contribution in [2.45, 2.75) is 0 Å². The first-order chi connectivity index (χ1) is 8.22. The van der Waals surface area contributed by atoms with Crippen molar-refractivity contribution in [2.75, 3.05) is 0 Å². The molecule has 1 heterocycles. The summed E-state index contributed by atoms with van der Waals surface area (Å²) in [4.78, 5) is 0. The van der Waals surface area contributed by atoms with Crippen LogP contribution in [0.15, 0.2) is 52.9 Å². The summed E-state index contributed by atoms with van der Waals surface area (Å²) >= 11 is 0. The van der Waals surface area contributed by atoms with Gasteiger partial charge in [0.15, 0.2) is 0 Å². The number of benzene rings is 2. The van der Waals surface area contributed by atoms with Gasteiger partial charge in [-0.1, -0.05) is 12.1 Å². The van der Waals surface area contributed by atoms with Crippen LogP contribution < -0.4 is 0 Å². The summed E-state index contributed by atoms with van der Waals surface area (Å²) in [6.45, 7) is 0. The Morgan fingerprint density at radius 2 is 1.88 bits per heavy atom. The molecule has 0 fully saturated rings. The van der Waals surface area contributed by atoms with Gasteiger partial charge in [-0.3, -0.25) is 0 Å². The SMILES string of the molecule is Oc1ccc2oc(-c3cccc(F)c3)cc2c1. The Balaban J connectivity index is 2.18. The van der Waals surface area contributed by atoms with Crippen LogP contribution >= 0.6 is 0 Å². The summed E-state index contributed by atoms with van der Waals surface area (Å²) in [5.41, 5.74) is 1.35. The molecule has 3 rings (SSSR count). The Bertz CT molecular complexity index is 686. The fourth-order valence-corrected chi connectivity index (χ4v) is 1.81. The lowest BCUT2D eigenvalue weighted by Gasteiger charge is -1.95. The first-order valence-electron chi connectivity index (χ1n) is 5.21. The number of furan rings is 1. The minimum absolute atomic E-state index is 0.184. The molecule has 17 heavy (non-hydrogen) atoms. The normalized spacial score (nSPS) is 10.9. The van der Waals surface area contributed by atoms with Crippen molar-refractivity contribution in [3.05, 3.63) is 54.3 Å². The van der Waals surface area contributed by atoms with E-state index >= 15 is 0 Å². The Hall–Kier alpha value is -2.29. The van der Waals surface area contributed by atoms with E-state index < -0.39 is 0 Å². The number of phenols is 1. The van der Waals surface area contributed by atoms with E-state index in [9.17, 15) is 9.50 Å². The van der Waals surface area contributed by atoms with Crippen molar-refractivity contribution >= 4 is 11.0 Å². The minimum Gasteiger partial charge on any atom is -0.508 e. The number of hydrogen-bond acceptors (Lipinski definition) is 2. The molecule has 2 nitrogen and oxygen atoms in total. The van der Waals surface area contributed by atoms with Gasteiger partial charge in [-0.05, 0) is 36.4 Å². The van der Waals surface area contributed by atoms with Crippen LogP contribution in [0.5, 0.6) is 5.75 Å². The van der Waals surface area contributed by atoms with E-state index in [1.54, 1.807) is 36.4 Å². The molecule has 0 aliphatic carbocycles. The zero-order valence-corrected chi connectivity index (χ0v) is 8.85. The van der Waals surface area contributed by atoms with Crippen LogP contribution in [0.3, 0.4) is 0 Å². The van der Waals surface area contributed by atoms with Crippen molar-refractivity contribution < 1.29 is 13.9 Å². The average molecular weight is 228 g/mol. The van der Waals surface area contributed by atoms with E-state index in [1.165, 1.54) is 12.1 Å². The van der Waals surface area contributed by atoms with Crippen LogP contribution in [-0.2, 0) is 0 Å². The van der Waals surface area contributed by atoms with E-state index in [0.29, 0.717) is 16.9 Å². The van der Waals surface area contributed by atoms with Crippen molar-refractivity contribution in [3.8, 4) is 17.1 Å². The number of hydrogen-bond donors (Lipinski definition) is 1. The zero-order valence-electron chi connectivity index (χ0n) is 8.85. The average Bonchev–Trinajstić information content (AvgIpc) is 2.72. The number of halogens is 1. The third-order valence-corrected chi connectivity index (χ3v) is 2.61. The third kappa shape index (κ3) is 1.76. The van der Waals surface area contributed by atoms with Gasteiger partial charge in [0, 0.05) is 10.9 Å². The summed E-state index contributed by atoms with van der Waals surface area (Å²) in [6, 6.07) is 12.9. The molecule has 0 spiro atoms. The van der Waals surface area contributed by atoms with E-state index in [-0.39, 0.29) is 11.6 Å². The second-order valence-electron chi connectivity index (χ2n) is 3.84. The molecule has 0 saturated heterocycles. The highest BCUT2D eigenvalue weighted by atomic mass is 19.1. The summed E-state index contributed by atoms with van der Waals surface area (Å²) in [7, 11) is 0. The standard InChI is InChI=1S/C14H9FO2/c15-11-3-1-2-9(6-11)14-8-10-7-12(16)4-5-13(10)17-14/h1-8,16H. The number of aromatic hydroxyl groups is 1. The molecule has 84 valence electrons. The van der Waals surface area contributed by atoms with E-state index in [1.807, 2.05) is 0 Å². The van der Waals surface area contributed by atoms with E-state index in [4.69, 9.17) is 4.42 Å². The first-order valence-corrected chi connectivity index (χ1v) is 5.21. The van der Waals surface area contributed by atoms with Gasteiger partial charge in [0.1, 0.15) is 22.9 Å². The van der Waals surface area contributed by atoms with Gasteiger partial charge < -0.3 is 9.52 Å². The Kier molecular flexibility index (Phi) is 2.11. The second-order valence-corrected chi connectivity index (χ2v) is 3.84. The van der Waals surface area contributed by atoms with Crippen LogP contribution in [0.25, 0.3) is 22.3 Å². The fourth-order valence-electron chi connectivity index (χ4n) is 1.81. The Labute approximate surface area is 96.9 Å². The first kappa shape index (κ1) is 9.90. The molecule has 0 saturated carbocycles. The maximum atomic E-state index is 13.1. The minimum atomic E-state index is -0.300. The smallest absolute Gasteiger partial charge is 0.135 e.